The minimum Gasteiger partial charge on any atom is -0.481 e. The van der Waals surface area contributed by atoms with Gasteiger partial charge in [0.2, 0.25) is 0 Å². The van der Waals surface area contributed by atoms with E-state index in [1.54, 1.807) is 0 Å². The van der Waals surface area contributed by atoms with E-state index in [0.29, 0.717) is 12.2 Å². The SMILES string of the molecule is CC[C@H](Oc1ccc2ccccc2c1)C(=O)Nc1cccc2ccccc12. The third-order valence-corrected chi connectivity index (χ3v) is 4.71. The third-order valence-electron chi connectivity index (χ3n) is 4.71. The molecule has 4 rings (SSSR count). The fraction of sp³-hybridized carbons (Fsp3) is 0.125. The molecule has 0 bridgehead atoms. The summed E-state index contributed by atoms with van der Waals surface area (Å²) in [5, 5.41) is 7.40. The Hall–Kier alpha value is -3.33. The number of carbonyl (C=O) groups excluding carboxylic acids is 1. The summed E-state index contributed by atoms with van der Waals surface area (Å²) in [6.45, 7) is 1.95. The third kappa shape index (κ3) is 3.63. The van der Waals surface area contributed by atoms with Gasteiger partial charge in [-0.15, -0.1) is 0 Å². The summed E-state index contributed by atoms with van der Waals surface area (Å²) < 4.78 is 6.01. The van der Waals surface area contributed by atoms with Crippen LogP contribution in [0.2, 0.25) is 0 Å². The highest BCUT2D eigenvalue weighted by Gasteiger charge is 2.19. The molecule has 4 aromatic rings. The van der Waals surface area contributed by atoms with Crippen LogP contribution in [0.1, 0.15) is 13.3 Å². The van der Waals surface area contributed by atoms with Gasteiger partial charge in [-0.05, 0) is 40.8 Å². The van der Waals surface area contributed by atoms with Crippen molar-refractivity contribution in [1.82, 2.24) is 0 Å². The molecule has 3 nitrogen and oxygen atoms in total. The summed E-state index contributed by atoms with van der Waals surface area (Å²) in [6, 6.07) is 27.9. The first-order chi connectivity index (χ1) is 13.2. The molecule has 4 aromatic carbocycles. The molecule has 0 spiro atoms. The van der Waals surface area contributed by atoms with Crippen LogP contribution in [-0.2, 0) is 4.79 Å². The van der Waals surface area contributed by atoms with Gasteiger partial charge in [-0.25, -0.2) is 0 Å². The molecule has 134 valence electrons. The second-order valence-corrected chi connectivity index (χ2v) is 6.54. The van der Waals surface area contributed by atoms with E-state index in [2.05, 4.69) is 11.4 Å². The van der Waals surface area contributed by atoms with Gasteiger partial charge in [0, 0.05) is 11.1 Å². The van der Waals surface area contributed by atoms with Crippen LogP contribution in [0.5, 0.6) is 5.75 Å². The van der Waals surface area contributed by atoms with Crippen LogP contribution in [0.4, 0.5) is 5.69 Å². The quantitative estimate of drug-likeness (QED) is 0.492. The van der Waals surface area contributed by atoms with Crippen LogP contribution >= 0.6 is 0 Å². The molecule has 1 amide bonds. The van der Waals surface area contributed by atoms with Crippen molar-refractivity contribution < 1.29 is 9.53 Å². The van der Waals surface area contributed by atoms with Gasteiger partial charge in [0.1, 0.15) is 5.75 Å². The van der Waals surface area contributed by atoms with Crippen molar-refractivity contribution in [1.29, 1.82) is 0 Å². The zero-order chi connectivity index (χ0) is 18.6. The van der Waals surface area contributed by atoms with Crippen LogP contribution in [0.15, 0.2) is 84.9 Å². The van der Waals surface area contributed by atoms with Gasteiger partial charge in [0.25, 0.3) is 5.91 Å². The second-order valence-electron chi connectivity index (χ2n) is 6.54. The normalized spacial score (nSPS) is 12.0. The first kappa shape index (κ1) is 17.1. The molecule has 0 unspecified atom stereocenters. The number of hydrogen-bond donors (Lipinski definition) is 1. The fourth-order valence-corrected chi connectivity index (χ4v) is 3.27. The summed E-state index contributed by atoms with van der Waals surface area (Å²) in [5.74, 6) is 0.565. The molecule has 0 aliphatic carbocycles. The molecule has 0 aromatic heterocycles. The Morgan fingerprint density at radius 3 is 2.37 bits per heavy atom. The van der Waals surface area contributed by atoms with Gasteiger partial charge in [-0.3, -0.25) is 4.79 Å². The lowest BCUT2D eigenvalue weighted by Crippen LogP contribution is -2.32. The topological polar surface area (TPSA) is 38.3 Å². The molecular weight excluding hydrogens is 334 g/mol. The fourth-order valence-electron chi connectivity index (χ4n) is 3.27. The van der Waals surface area contributed by atoms with E-state index < -0.39 is 6.10 Å². The van der Waals surface area contributed by atoms with Gasteiger partial charge in [0.15, 0.2) is 6.10 Å². The Labute approximate surface area is 158 Å². The van der Waals surface area contributed by atoms with Gasteiger partial charge >= 0.3 is 0 Å². The summed E-state index contributed by atoms with van der Waals surface area (Å²) >= 11 is 0. The Bertz CT molecular complexity index is 1100. The minimum absolute atomic E-state index is 0.137. The van der Waals surface area contributed by atoms with E-state index in [4.69, 9.17) is 4.74 Å². The zero-order valence-electron chi connectivity index (χ0n) is 15.2. The second kappa shape index (κ2) is 7.50. The lowest BCUT2D eigenvalue weighted by atomic mass is 10.1. The van der Waals surface area contributed by atoms with E-state index in [1.807, 2.05) is 85.8 Å². The number of nitrogens with one attached hydrogen (secondary N) is 1. The molecule has 0 aliphatic heterocycles. The number of hydrogen-bond acceptors (Lipinski definition) is 2. The largest absolute Gasteiger partial charge is 0.481 e. The van der Waals surface area contributed by atoms with Gasteiger partial charge in [-0.1, -0.05) is 73.7 Å². The first-order valence-corrected chi connectivity index (χ1v) is 9.18. The molecule has 3 heteroatoms. The molecule has 1 N–H and O–H groups in total. The van der Waals surface area contributed by atoms with Gasteiger partial charge < -0.3 is 10.1 Å². The molecule has 0 saturated heterocycles. The van der Waals surface area contributed by atoms with Crippen molar-refractivity contribution in [3.63, 3.8) is 0 Å². The number of ether oxygens (including phenoxy) is 1. The van der Waals surface area contributed by atoms with Crippen LogP contribution < -0.4 is 10.1 Å². The highest BCUT2D eigenvalue weighted by atomic mass is 16.5. The molecule has 0 saturated carbocycles. The average molecular weight is 355 g/mol. The van der Waals surface area contributed by atoms with E-state index in [0.717, 1.165) is 27.2 Å². The maximum atomic E-state index is 12.8. The first-order valence-electron chi connectivity index (χ1n) is 9.18. The van der Waals surface area contributed by atoms with Crippen LogP contribution in [0.25, 0.3) is 21.5 Å². The van der Waals surface area contributed by atoms with E-state index in [9.17, 15) is 4.79 Å². The number of anilines is 1. The van der Waals surface area contributed by atoms with Gasteiger partial charge in [-0.2, -0.15) is 0 Å². The monoisotopic (exact) mass is 355 g/mol. The summed E-state index contributed by atoms with van der Waals surface area (Å²) in [6.07, 6.45) is 0.0359. The van der Waals surface area contributed by atoms with Crippen molar-refractivity contribution >= 4 is 33.1 Å². The predicted molar refractivity (Wildman–Crippen MR) is 111 cm³/mol. The molecule has 0 aliphatic rings. The van der Waals surface area contributed by atoms with Crippen molar-refractivity contribution in [2.75, 3.05) is 5.32 Å². The standard InChI is InChI=1S/C24H21NO2/c1-2-23(27-20-15-14-17-8-3-4-10-19(17)16-20)24(26)25-22-13-7-11-18-9-5-6-12-21(18)22/h3-16,23H,2H2,1H3,(H,25,26)/t23-/m0/s1. The zero-order valence-corrected chi connectivity index (χ0v) is 15.2. The smallest absolute Gasteiger partial charge is 0.265 e. The van der Waals surface area contributed by atoms with E-state index in [1.165, 1.54) is 0 Å². The molecular formula is C24H21NO2. The number of carbonyl (C=O) groups is 1. The Morgan fingerprint density at radius 1 is 0.852 bits per heavy atom. The molecule has 0 heterocycles. The lowest BCUT2D eigenvalue weighted by molar-refractivity contribution is -0.122. The highest BCUT2D eigenvalue weighted by molar-refractivity contribution is 6.03. The predicted octanol–water partition coefficient (Wildman–Crippen LogP) is 5.79. The van der Waals surface area contributed by atoms with Crippen molar-refractivity contribution in [3.8, 4) is 5.75 Å². The van der Waals surface area contributed by atoms with E-state index >= 15 is 0 Å². The number of rotatable bonds is 5. The Balaban J connectivity index is 1.55. The molecule has 0 radical (unpaired) electrons. The maximum absolute atomic E-state index is 12.8. The highest BCUT2D eigenvalue weighted by Crippen LogP contribution is 2.25. The Kier molecular flexibility index (Phi) is 4.75. The van der Waals surface area contributed by atoms with E-state index in [-0.39, 0.29) is 5.91 Å². The van der Waals surface area contributed by atoms with Crippen molar-refractivity contribution in [2.24, 2.45) is 0 Å². The van der Waals surface area contributed by atoms with Gasteiger partial charge in [0.05, 0.1) is 0 Å². The number of benzene rings is 4. The van der Waals surface area contributed by atoms with Crippen LogP contribution in [-0.4, -0.2) is 12.0 Å². The average Bonchev–Trinajstić information content (AvgIpc) is 2.72. The summed E-state index contributed by atoms with van der Waals surface area (Å²) in [7, 11) is 0. The molecule has 27 heavy (non-hydrogen) atoms. The maximum Gasteiger partial charge on any atom is 0.265 e. The Morgan fingerprint density at radius 2 is 1.56 bits per heavy atom. The number of amides is 1. The van der Waals surface area contributed by atoms with Crippen molar-refractivity contribution in [3.05, 3.63) is 84.9 Å². The summed E-state index contributed by atoms with van der Waals surface area (Å²) in [5.41, 5.74) is 0.804. The summed E-state index contributed by atoms with van der Waals surface area (Å²) in [4.78, 5) is 12.8. The van der Waals surface area contributed by atoms with Crippen molar-refractivity contribution in [2.45, 2.75) is 19.4 Å². The van der Waals surface area contributed by atoms with Crippen LogP contribution in [0.3, 0.4) is 0 Å². The minimum atomic E-state index is -0.551. The lowest BCUT2D eigenvalue weighted by Gasteiger charge is -2.18. The molecule has 1 atom stereocenters. The molecule has 0 fully saturated rings. The number of fused-ring (bicyclic) bond motifs is 2. The van der Waals surface area contributed by atoms with Crippen LogP contribution in [0, 0.1) is 0 Å².